The molecule has 4 atom stereocenters. The van der Waals surface area contributed by atoms with Gasteiger partial charge in [0.1, 0.15) is 12.2 Å². The van der Waals surface area contributed by atoms with E-state index in [4.69, 9.17) is 0 Å². The van der Waals surface area contributed by atoms with Gasteiger partial charge in [0.05, 0.1) is 29.8 Å². The highest BCUT2D eigenvalue weighted by molar-refractivity contribution is 5.67. The summed E-state index contributed by atoms with van der Waals surface area (Å²) in [5, 5.41) is 50.4. The smallest absolute Gasteiger partial charge is 0.138 e. The summed E-state index contributed by atoms with van der Waals surface area (Å²) >= 11 is 0. The van der Waals surface area contributed by atoms with E-state index in [9.17, 15) is 30.0 Å². The Kier molecular flexibility index (Phi) is 8.47. The molecule has 0 unspecified atom stereocenters. The summed E-state index contributed by atoms with van der Waals surface area (Å²) in [6, 6.07) is 13.8. The van der Waals surface area contributed by atoms with Gasteiger partial charge in [-0.25, -0.2) is 0 Å². The number of nitrogens with zero attached hydrogens (tertiary/aromatic N) is 2. The number of carbonyl (C=O) groups excluding carboxylic acids is 2. The maximum atomic E-state index is 13.0. The van der Waals surface area contributed by atoms with Crippen LogP contribution in [0, 0.1) is 10.8 Å². The second-order valence-electron chi connectivity index (χ2n) is 13.5. The fourth-order valence-electron chi connectivity index (χ4n) is 7.72. The van der Waals surface area contributed by atoms with Crippen LogP contribution in [0.5, 0.6) is 0 Å². The van der Waals surface area contributed by atoms with Crippen LogP contribution in [0.15, 0.2) is 48.5 Å². The first-order valence-corrected chi connectivity index (χ1v) is 14.3. The predicted molar refractivity (Wildman–Crippen MR) is 152 cm³/mol. The van der Waals surface area contributed by atoms with Gasteiger partial charge in [0.25, 0.3) is 0 Å². The minimum atomic E-state index is -1.35. The molecule has 0 bridgehead atoms. The Morgan fingerprint density at radius 3 is 1.85 bits per heavy atom. The third-order valence-corrected chi connectivity index (χ3v) is 9.01. The Bertz CT molecular complexity index is 1250. The van der Waals surface area contributed by atoms with Crippen LogP contribution in [0.25, 0.3) is 0 Å². The highest BCUT2D eigenvalue weighted by Crippen LogP contribution is 2.59. The van der Waals surface area contributed by atoms with E-state index in [1.54, 1.807) is 0 Å². The first-order chi connectivity index (χ1) is 19.1. The van der Waals surface area contributed by atoms with E-state index in [2.05, 4.69) is 5.32 Å². The van der Waals surface area contributed by atoms with Crippen molar-refractivity contribution >= 4 is 12.2 Å². The molecule has 224 valence electrons. The second-order valence-corrected chi connectivity index (χ2v) is 13.5. The molecule has 2 aromatic carbocycles. The standard InChI is InChI=1S/C32H45N3O6/c1-30(2,3)32(31(4,5)6)23-14-10-9-12-21(23)16-25(35(32)29(40)41)27(37)18-33-17-26(36)24-15-20-11-7-8-13-22(20)19-34(24)28(38)39/h7-14,24-27,33,36-37H,15-19H2,1-6H3,(H,38,39)(H,40,41)/p-2/t24-,25-,26+,27+/m0/s1. The van der Waals surface area contributed by atoms with E-state index in [0.29, 0.717) is 12.8 Å². The number of aliphatic hydroxyl groups is 2. The number of aliphatic hydroxyl groups excluding tert-OH is 2. The molecule has 0 fully saturated rings. The van der Waals surface area contributed by atoms with Gasteiger partial charge in [-0.3, -0.25) is 0 Å². The van der Waals surface area contributed by atoms with Crippen LogP contribution in [0.3, 0.4) is 0 Å². The van der Waals surface area contributed by atoms with E-state index >= 15 is 0 Å². The number of carboxylic acid groups (broad SMARTS) is 2. The summed E-state index contributed by atoms with van der Waals surface area (Å²) in [5.41, 5.74) is 1.61. The molecule has 0 saturated heterocycles. The van der Waals surface area contributed by atoms with Gasteiger partial charge in [-0.05, 0) is 45.9 Å². The number of hydrogen-bond acceptors (Lipinski definition) is 7. The van der Waals surface area contributed by atoms with Crippen LogP contribution in [-0.4, -0.2) is 69.6 Å². The maximum Gasteiger partial charge on any atom is 0.138 e. The summed E-state index contributed by atoms with van der Waals surface area (Å²) in [6.07, 6.45) is -4.24. The Hall–Kier alpha value is -3.14. The van der Waals surface area contributed by atoms with Crippen LogP contribution in [0.4, 0.5) is 9.59 Å². The highest BCUT2D eigenvalue weighted by Gasteiger charge is 2.60. The normalized spacial score (nSPS) is 22.0. The van der Waals surface area contributed by atoms with Crippen molar-refractivity contribution in [1.29, 1.82) is 0 Å². The fourth-order valence-corrected chi connectivity index (χ4v) is 7.72. The Labute approximate surface area is 242 Å². The minimum absolute atomic E-state index is 0.00594. The second kappa shape index (κ2) is 11.3. The van der Waals surface area contributed by atoms with Gasteiger partial charge in [-0.2, -0.15) is 0 Å². The van der Waals surface area contributed by atoms with Gasteiger partial charge in [-0.15, -0.1) is 0 Å². The van der Waals surface area contributed by atoms with E-state index in [0.717, 1.165) is 27.2 Å². The van der Waals surface area contributed by atoms with Gasteiger partial charge in [-0.1, -0.05) is 90.1 Å². The number of rotatable bonds is 6. The molecule has 0 aromatic heterocycles. The lowest BCUT2D eigenvalue weighted by atomic mass is 9.53. The summed E-state index contributed by atoms with van der Waals surface area (Å²) in [5.74, 6) is 0. The number of carbonyl (C=O) groups is 2. The Morgan fingerprint density at radius 2 is 1.32 bits per heavy atom. The zero-order valence-electron chi connectivity index (χ0n) is 24.9. The molecule has 0 radical (unpaired) electrons. The van der Waals surface area contributed by atoms with Crippen molar-refractivity contribution in [2.75, 3.05) is 13.1 Å². The lowest BCUT2D eigenvalue weighted by Crippen LogP contribution is -2.73. The van der Waals surface area contributed by atoms with Crippen LogP contribution in [0.2, 0.25) is 0 Å². The quantitative estimate of drug-likeness (QED) is 0.484. The molecule has 3 N–H and O–H groups in total. The first-order valence-electron chi connectivity index (χ1n) is 14.3. The molecular formula is C32H43N3O6-2. The summed E-state index contributed by atoms with van der Waals surface area (Å²) in [6.45, 7) is 12.2. The van der Waals surface area contributed by atoms with Crippen LogP contribution in [-0.2, 0) is 24.9 Å². The third-order valence-electron chi connectivity index (χ3n) is 9.01. The van der Waals surface area contributed by atoms with Crippen molar-refractivity contribution in [2.24, 2.45) is 10.8 Å². The lowest BCUT2D eigenvalue weighted by Gasteiger charge is -2.65. The van der Waals surface area contributed by atoms with E-state index in [1.807, 2.05) is 90.1 Å². The number of amides is 2. The van der Waals surface area contributed by atoms with E-state index < -0.39 is 52.8 Å². The van der Waals surface area contributed by atoms with E-state index in [1.165, 1.54) is 4.90 Å². The first kappa shape index (κ1) is 30.8. The van der Waals surface area contributed by atoms with Crippen LogP contribution < -0.4 is 15.5 Å². The summed E-state index contributed by atoms with van der Waals surface area (Å²) < 4.78 is 0. The van der Waals surface area contributed by atoms with Crippen molar-refractivity contribution in [2.45, 2.75) is 90.8 Å². The van der Waals surface area contributed by atoms with E-state index in [-0.39, 0.29) is 19.6 Å². The average molecular weight is 566 g/mol. The van der Waals surface area contributed by atoms with Crippen molar-refractivity contribution in [1.82, 2.24) is 15.1 Å². The molecule has 9 heteroatoms. The zero-order valence-corrected chi connectivity index (χ0v) is 24.9. The minimum Gasteiger partial charge on any atom is -0.530 e. The van der Waals surface area contributed by atoms with Gasteiger partial charge in [0.2, 0.25) is 0 Å². The number of nitrogens with one attached hydrogen (secondary N) is 1. The summed E-state index contributed by atoms with van der Waals surface area (Å²) in [4.78, 5) is 27.3. The van der Waals surface area contributed by atoms with Gasteiger partial charge in [0, 0.05) is 19.6 Å². The zero-order chi connectivity index (χ0) is 30.3. The molecule has 41 heavy (non-hydrogen) atoms. The summed E-state index contributed by atoms with van der Waals surface area (Å²) in [7, 11) is 0. The fraction of sp³-hybridized carbons (Fsp3) is 0.562. The Morgan fingerprint density at radius 1 is 0.829 bits per heavy atom. The molecule has 2 aromatic rings. The topological polar surface area (TPSA) is 139 Å². The highest BCUT2D eigenvalue weighted by atomic mass is 16.4. The third kappa shape index (κ3) is 5.43. The molecule has 0 spiro atoms. The monoisotopic (exact) mass is 565 g/mol. The predicted octanol–water partition coefficient (Wildman–Crippen LogP) is 1.63. The van der Waals surface area contributed by atoms with Gasteiger partial charge < -0.3 is 45.1 Å². The van der Waals surface area contributed by atoms with Gasteiger partial charge in [0.15, 0.2) is 0 Å². The molecule has 2 heterocycles. The molecule has 0 saturated carbocycles. The van der Waals surface area contributed by atoms with Crippen molar-refractivity contribution in [3.05, 3.63) is 70.8 Å². The van der Waals surface area contributed by atoms with Crippen LogP contribution in [0.1, 0.15) is 63.8 Å². The largest absolute Gasteiger partial charge is 0.530 e. The molecule has 0 aliphatic carbocycles. The van der Waals surface area contributed by atoms with Crippen molar-refractivity contribution < 1.29 is 30.0 Å². The molecule has 2 aliphatic rings. The maximum absolute atomic E-state index is 13.0. The number of hydrogen-bond donors (Lipinski definition) is 3. The molecular weight excluding hydrogens is 522 g/mol. The SMILES string of the molecule is CC(C)(C)C1(C(C)(C)C)c2ccccc2C[C@@H]([C@H](O)CNC[C@@H](O)[C@@H]2Cc3ccccc3CN2C(=O)[O-])N1C(=O)[O-]. The molecule has 9 nitrogen and oxygen atoms in total. The molecule has 4 rings (SSSR count). The average Bonchev–Trinajstić information content (AvgIpc) is 2.89. The van der Waals surface area contributed by atoms with Gasteiger partial charge >= 0.3 is 0 Å². The van der Waals surface area contributed by atoms with Crippen molar-refractivity contribution in [3.8, 4) is 0 Å². The van der Waals surface area contributed by atoms with Crippen LogP contribution >= 0.6 is 0 Å². The lowest BCUT2D eigenvalue weighted by molar-refractivity contribution is -0.290. The molecule has 2 amide bonds. The van der Waals surface area contributed by atoms with Crippen molar-refractivity contribution in [3.63, 3.8) is 0 Å². The number of benzene rings is 2. The number of fused-ring (bicyclic) bond motifs is 2. The molecule has 2 aliphatic heterocycles. The Balaban J connectivity index is 1.57.